The molecule has 0 fully saturated rings. The average Bonchev–Trinajstić information content (AvgIpc) is 2.74. The van der Waals surface area contributed by atoms with Crippen molar-refractivity contribution in [2.45, 2.75) is 19.9 Å². The number of nitrogens with zero attached hydrogens (tertiary/aromatic N) is 4. The molecule has 0 aliphatic rings. The zero-order chi connectivity index (χ0) is 14.0. The fourth-order valence-corrected chi connectivity index (χ4v) is 1.85. The highest BCUT2D eigenvalue weighted by molar-refractivity contribution is 5.95. The molecule has 0 bridgehead atoms. The number of nitrogens with two attached hydrogens (primary N) is 1. The smallest absolute Gasteiger partial charge is 0.252 e. The molecule has 0 aliphatic heterocycles. The first-order valence-electron chi connectivity index (χ1n) is 5.86. The van der Waals surface area contributed by atoms with Crippen molar-refractivity contribution in [2.24, 2.45) is 7.05 Å². The summed E-state index contributed by atoms with van der Waals surface area (Å²) in [5, 5.41) is 10.6. The van der Waals surface area contributed by atoms with Crippen LogP contribution in [0.4, 0.5) is 5.82 Å². The van der Waals surface area contributed by atoms with Gasteiger partial charge in [-0.25, -0.2) is 4.98 Å². The Morgan fingerprint density at radius 1 is 1.47 bits per heavy atom. The Morgan fingerprint density at radius 2 is 2.21 bits per heavy atom. The minimum Gasteiger partial charge on any atom is -0.384 e. The summed E-state index contributed by atoms with van der Waals surface area (Å²) in [6, 6.07) is 3.00. The van der Waals surface area contributed by atoms with Gasteiger partial charge in [-0.2, -0.15) is 0 Å². The molecular weight excluding hydrogens is 244 g/mol. The van der Waals surface area contributed by atoms with Gasteiger partial charge in [-0.1, -0.05) is 0 Å². The van der Waals surface area contributed by atoms with Crippen molar-refractivity contribution in [3.05, 3.63) is 35.5 Å². The van der Waals surface area contributed by atoms with Crippen LogP contribution in [-0.2, 0) is 7.05 Å². The lowest BCUT2D eigenvalue weighted by atomic mass is 10.2. The maximum atomic E-state index is 12.1. The van der Waals surface area contributed by atoms with Crippen LogP contribution in [-0.4, -0.2) is 25.7 Å². The molecule has 0 spiro atoms. The molecule has 19 heavy (non-hydrogen) atoms. The lowest BCUT2D eigenvalue weighted by Gasteiger charge is -2.13. The van der Waals surface area contributed by atoms with E-state index in [4.69, 9.17) is 5.73 Å². The summed E-state index contributed by atoms with van der Waals surface area (Å²) in [7, 11) is 1.83. The van der Waals surface area contributed by atoms with E-state index < -0.39 is 0 Å². The molecule has 0 aliphatic carbocycles. The van der Waals surface area contributed by atoms with Crippen molar-refractivity contribution in [1.29, 1.82) is 0 Å². The summed E-state index contributed by atoms with van der Waals surface area (Å²) < 4.78 is 1.76. The highest BCUT2D eigenvalue weighted by Crippen LogP contribution is 2.11. The number of amides is 1. The third-order valence-corrected chi connectivity index (χ3v) is 2.72. The number of hydrogen-bond acceptors (Lipinski definition) is 5. The highest BCUT2D eigenvalue weighted by atomic mass is 16.1. The first-order chi connectivity index (χ1) is 8.97. The SMILES string of the molecule is Cc1cc(C(=O)NC(C)c2nncn2C)cc(N)n1. The first-order valence-corrected chi connectivity index (χ1v) is 5.86. The Hall–Kier alpha value is -2.44. The number of aryl methyl sites for hydroxylation is 2. The Balaban J connectivity index is 2.15. The molecule has 1 atom stereocenters. The van der Waals surface area contributed by atoms with Gasteiger partial charge in [0.1, 0.15) is 12.1 Å². The number of hydrogen-bond donors (Lipinski definition) is 2. The van der Waals surface area contributed by atoms with E-state index in [2.05, 4.69) is 20.5 Å². The summed E-state index contributed by atoms with van der Waals surface area (Å²) in [6.45, 7) is 3.64. The molecule has 1 amide bonds. The molecule has 0 saturated carbocycles. The minimum atomic E-state index is -0.241. The van der Waals surface area contributed by atoms with Crippen LogP contribution in [0.15, 0.2) is 18.5 Å². The quantitative estimate of drug-likeness (QED) is 0.841. The largest absolute Gasteiger partial charge is 0.384 e. The van der Waals surface area contributed by atoms with Crippen molar-refractivity contribution in [2.75, 3.05) is 5.73 Å². The zero-order valence-corrected chi connectivity index (χ0v) is 11.1. The van der Waals surface area contributed by atoms with Gasteiger partial charge >= 0.3 is 0 Å². The average molecular weight is 260 g/mol. The minimum absolute atomic E-state index is 0.215. The number of aromatic nitrogens is 4. The molecule has 0 aromatic carbocycles. The summed E-state index contributed by atoms with van der Waals surface area (Å²) in [6.07, 6.45) is 1.59. The second-order valence-electron chi connectivity index (χ2n) is 4.42. The van der Waals surface area contributed by atoms with Gasteiger partial charge in [0.25, 0.3) is 5.91 Å². The number of rotatable bonds is 3. The Morgan fingerprint density at radius 3 is 2.79 bits per heavy atom. The number of nitrogens with one attached hydrogen (secondary N) is 1. The Kier molecular flexibility index (Phi) is 3.46. The van der Waals surface area contributed by atoms with Crippen LogP contribution in [0.2, 0.25) is 0 Å². The van der Waals surface area contributed by atoms with Crippen molar-refractivity contribution in [1.82, 2.24) is 25.1 Å². The van der Waals surface area contributed by atoms with Crippen LogP contribution in [0.1, 0.15) is 34.8 Å². The molecule has 0 radical (unpaired) electrons. The lowest BCUT2D eigenvalue weighted by molar-refractivity contribution is 0.0937. The fourth-order valence-electron chi connectivity index (χ4n) is 1.85. The second kappa shape index (κ2) is 5.05. The lowest BCUT2D eigenvalue weighted by Crippen LogP contribution is -2.28. The molecule has 7 heteroatoms. The third-order valence-electron chi connectivity index (χ3n) is 2.72. The molecule has 2 aromatic rings. The molecule has 100 valence electrons. The van der Waals surface area contributed by atoms with Crippen LogP contribution in [0.25, 0.3) is 0 Å². The van der Waals surface area contributed by atoms with Gasteiger partial charge in [0, 0.05) is 18.3 Å². The fraction of sp³-hybridized carbons (Fsp3) is 0.333. The monoisotopic (exact) mass is 260 g/mol. The summed E-state index contributed by atoms with van der Waals surface area (Å²) in [4.78, 5) is 16.1. The Labute approximate surface area is 110 Å². The number of pyridine rings is 1. The predicted molar refractivity (Wildman–Crippen MR) is 70.3 cm³/mol. The van der Waals surface area contributed by atoms with Crippen molar-refractivity contribution in [3.63, 3.8) is 0 Å². The molecular formula is C12H16N6O. The third kappa shape index (κ3) is 2.87. The van der Waals surface area contributed by atoms with Crippen LogP contribution < -0.4 is 11.1 Å². The number of nitrogen functional groups attached to an aromatic ring is 1. The van der Waals surface area contributed by atoms with E-state index >= 15 is 0 Å². The van der Waals surface area contributed by atoms with E-state index in [-0.39, 0.29) is 11.9 Å². The Bertz CT molecular complexity index is 586. The maximum Gasteiger partial charge on any atom is 0.252 e. The number of carbonyl (C=O) groups is 1. The van der Waals surface area contributed by atoms with Crippen LogP contribution in [0.3, 0.4) is 0 Å². The van der Waals surface area contributed by atoms with Gasteiger partial charge in [-0.15, -0.1) is 10.2 Å². The van der Waals surface area contributed by atoms with Gasteiger partial charge in [0.2, 0.25) is 0 Å². The standard InChI is InChI=1S/C12H16N6O/c1-7-4-9(5-10(13)15-7)12(19)16-8(2)11-17-14-6-18(11)3/h4-6,8H,1-3H3,(H2,13,15)(H,16,19). The normalized spacial score (nSPS) is 12.2. The summed E-state index contributed by atoms with van der Waals surface area (Å²) in [5.74, 6) is 0.802. The van der Waals surface area contributed by atoms with E-state index in [1.807, 2.05) is 14.0 Å². The second-order valence-corrected chi connectivity index (χ2v) is 4.42. The van der Waals surface area contributed by atoms with Gasteiger partial charge in [-0.05, 0) is 26.0 Å². The van der Waals surface area contributed by atoms with Crippen molar-refractivity contribution >= 4 is 11.7 Å². The molecule has 3 N–H and O–H groups in total. The van der Waals surface area contributed by atoms with Crippen molar-refractivity contribution in [3.8, 4) is 0 Å². The van der Waals surface area contributed by atoms with Crippen LogP contribution >= 0.6 is 0 Å². The van der Waals surface area contributed by atoms with E-state index in [9.17, 15) is 4.79 Å². The van der Waals surface area contributed by atoms with E-state index in [1.54, 1.807) is 30.0 Å². The molecule has 2 rings (SSSR count). The van der Waals surface area contributed by atoms with Crippen LogP contribution in [0.5, 0.6) is 0 Å². The van der Waals surface area contributed by atoms with Gasteiger partial charge in [0.05, 0.1) is 6.04 Å². The number of anilines is 1. The summed E-state index contributed by atoms with van der Waals surface area (Å²) >= 11 is 0. The number of carbonyl (C=O) groups excluding carboxylic acids is 1. The highest BCUT2D eigenvalue weighted by Gasteiger charge is 2.16. The van der Waals surface area contributed by atoms with Crippen LogP contribution in [0, 0.1) is 6.92 Å². The van der Waals surface area contributed by atoms with Gasteiger partial charge in [-0.3, -0.25) is 4.79 Å². The summed E-state index contributed by atoms with van der Waals surface area (Å²) in [5.41, 5.74) is 6.82. The van der Waals surface area contributed by atoms with Crippen molar-refractivity contribution < 1.29 is 4.79 Å². The molecule has 2 aromatic heterocycles. The van der Waals surface area contributed by atoms with Gasteiger partial charge in [0.15, 0.2) is 5.82 Å². The molecule has 1 unspecified atom stereocenters. The van der Waals surface area contributed by atoms with E-state index in [0.29, 0.717) is 22.9 Å². The molecule has 2 heterocycles. The first kappa shape index (κ1) is 13.0. The zero-order valence-electron chi connectivity index (χ0n) is 11.1. The van der Waals surface area contributed by atoms with E-state index in [0.717, 1.165) is 0 Å². The van der Waals surface area contributed by atoms with Gasteiger partial charge < -0.3 is 15.6 Å². The topological polar surface area (TPSA) is 98.7 Å². The molecule has 7 nitrogen and oxygen atoms in total. The van der Waals surface area contributed by atoms with E-state index in [1.165, 1.54) is 0 Å². The predicted octanol–water partition coefficient (Wildman–Crippen LogP) is 0.592. The molecule has 0 saturated heterocycles. The maximum absolute atomic E-state index is 12.1.